The molecule has 0 aliphatic heterocycles. The predicted octanol–water partition coefficient (Wildman–Crippen LogP) is 3.94. The number of nitrogens with zero attached hydrogens (tertiary/aromatic N) is 5. The molecule has 0 aliphatic carbocycles. The molecule has 0 fully saturated rings. The molecule has 2 heterocycles. The van der Waals surface area contributed by atoms with Gasteiger partial charge in [-0.15, -0.1) is 0 Å². The molecule has 196 valence electrons. The van der Waals surface area contributed by atoms with Gasteiger partial charge in [0.1, 0.15) is 29.6 Å². The van der Waals surface area contributed by atoms with Crippen LogP contribution in [0.3, 0.4) is 0 Å². The molecule has 0 saturated heterocycles. The fourth-order valence-electron chi connectivity index (χ4n) is 4.20. The lowest BCUT2D eigenvalue weighted by atomic mass is 10.2. The summed E-state index contributed by atoms with van der Waals surface area (Å²) in [7, 11) is -1.19. The maximum absolute atomic E-state index is 13.9. The molecule has 0 unspecified atom stereocenters. The van der Waals surface area contributed by atoms with Crippen molar-refractivity contribution in [2.45, 2.75) is 11.5 Å². The number of carbonyl (C=O) groups excluding carboxylic acids is 1. The number of nitriles is 1. The van der Waals surface area contributed by atoms with E-state index >= 15 is 0 Å². The molecular weight excluding hydrogens is 518 g/mol. The second-order valence-electron chi connectivity index (χ2n) is 8.60. The number of benzene rings is 3. The minimum absolute atomic E-state index is 0.0258. The Morgan fingerprint density at radius 3 is 2.59 bits per heavy atom. The van der Waals surface area contributed by atoms with Crippen LogP contribution in [0.5, 0.6) is 5.75 Å². The van der Waals surface area contributed by atoms with Crippen LogP contribution in [0.25, 0.3) is 21.9 Å². The summed E-state index contributed by atoms with van der Waals surface area (Å²) in [6.07, 6.45) is 1.52. The maximum Gasteiger partial charge on any atom is 0.326 e. The van der Waals surface area contributed by atoms with Gasteiger partial charge in [0.05, 0.1) is 41.0 Å². The molecule has 11 heteroatoms. The minimum Gasteiger partial charge on any atom is -0.486 e. The number of rotatable bonds is 8. The summed E-state index contributed by atoms with van der Waals surface area (Å²) >= 11 is 0. The number of imidazole rings is 1. The zero-order valence-corrected chi connectivity index (χ0v) is 21.9. The number of aryl methyl sites for hydroxylation is 1. The number of esters is 1. The summed E-state index contributed by atoms with van der Waals surface area (Å²) in [6, 6.07) is 22.1. The van der Waals surface area contributed by atoms with Gasteiger partial charge >= 0.3 is 5.97 Å². The topological polar surface area (TPSA) is 127 Å². The van der Waals surface area contributed by atoms with E-state index < -0.39 is 22.5 Å². The first kappa shape index (κ1) is 25.7. The zero-order valence-electron chi connectivity index (χ0n) is 21.1. The fourth-order valence-corrected chi connectivity index (χ4v) is 5.77. The number of ether oxygens (including phenoxy) is 2. The molecule has 39 heavy (non-hydrogen) atoms. The number of para-hydroxylation sites is 1. The van der Waals surface area contributed by atoms with Gasteiger partial charge in [-0.1, -0.05) is 18.2 Å². The lowest BCUT2D eigenvalue weighted by molar-refractivity contribution is -0.138. The number of methoxy groups -OCH3 is 1. The Balaban J connectivity index is 1.52. The molecule has 0 bridgehead atoms. The van der Waals surface area contributed by atoms with Crippen molar-refractivity contribution in [2.75, 3.05) is 18.0 Å². The van der Waals surface area contributed by atoms with Crippen LogP contribution < -0.4 is 9.04 Å². The largest absolute Gasteiger partial charge is 0.486 e. The Labute approximate surface area is 224 Å². The van der Waals surface area contributed by atoms with E-state index in [9.17, 15) is 13.2 Å². The van der Waals surface area contributed by atoms with Gasteiger partial charge in [-0.3, -0.25) is 14.1 Å². The number of hydrogen-bond acceptors (Lipinski definition) is 8. The summed E-state index contributed by atoms with van der Waals surface area (Å²) in [4.78, 5) is 21.2. The van der Waals surface area contributed by atoms with Crippen molar-refractivity contribution in [3.63, 3.8) is 0 Å². The number of sulfonamides is 1. The van der Waals surface area contributed by atoms with Crippen LogP contribution in [0, 0.1) is 11.3 Å². The van der Waals surface area contributed by atoms with E-state index in [1.165, 1.54) is 19.4 Å². The monoisotopic (exact) mass is 541 g/mol. The molecule has 10 nitrogen and oxygen atoms in total. The SMILES string of the molecule is COC(=O)CN(c1ccc2c(c1)nc(COc1ccc(C#N)cc1)n2C)S(=O)(=O)c1cccc2cccnc12. The molecular formula is C28H23N5O5S. The van der Waals surface area contributed by atoms with Gasteiger partial charge in [0, 0.05) is 18.6 Å². The quantitative estimate of drug-likeness (QED) is 0.270. The smallest absolute Gasteiger partial charge is 0.326 e. The van der Waals surface area contributed by atoms with Crippen molar-refractivity contribution in [3.05, 3.63) is 90.4 Å². The van der Waals surface area contributed by atoms with Crippen LogP contribution in [0.15, 0.2) is 83.9 Å². The van der Waals surface area contributed by atoms with E-state index in [2.05, 4.69) is 16.0 Å². The molecule has 0 aliphatic rings. The predicted molar refractivity (Wildman–Crippen MR) is 144 cm³/mol. The summed E-state index contributed by atoms with van der Waals surface area (Å²) < 4.78 is 41.3. The fraction of sp³-hybridized carbons (Fsp3) is 0.143. The van der Waals surface area contributed by atoms with Gasteiger partial charge in [-0.05, 0) is 54.6 Å². The van der Waals surface area contributed by atoms with E-state index in [0.717, 1.165) is 9.82 Å². The van der Waals surface area contributed by atoms with E-state index in [1.807, 2.05) is 11.6 Å². The highest BCUT2D eigenvalue weighted by Gasteiger charge is 2.30. The highest BCUT2D eigenvalue weighted by molar-refractivity contribution is 7.93. The number of pyridine rings is 1. The molecule has 5 rings (SSSR count). The molecule has 0 saturated carbocycles. The Bertz CT molecular complexity index is 1840. The molecule has 0 N–H and O–H groups in total. The van der Waals surface area contributed by atoms with Crippen molar-refractivity contribution in [1.29, 1.82) is 5.26 Å². The van der Waals surface area contributed by atoms with Gasteiger partial charge in [0.25, 0.3) is 10.0 Å². The number of anilines is 1. The van der Waals surface area contributed by atoms with E-state index in [4.69, 9.17) is 14.7 Å². The standard InChI is InChI=1S/C28H23N5O5S/c1-32-24-13-10-21(15-23(24)31-26(32)18-38-22-11-8-19(16-29)9-12-22)33(17-27(34)37-2)39(35,36)25-7-3-5-20-6-4-14-30-28(20)25/h3-15H,17-18H2,1-2H3. The van der Waals surface area contributed by atoms with Crippen LogP contribution in [0.4, 0.5) is 5.69 Å². The van der Waals surface area contributed by atoms with Crippen molar-refractivity contribution < 1.29 is 22.7 Å². The van der Waals surface area contributed by atoms with Crippen molar-refractivity contribution in [1.82, 2.24) is 14.5 Å². The summed E-state index contributed by atoms with van der Waals surface area (Å²) in [5.74, 6) is 0.470. The van der Waals surface area contributed by atoms with Crippen LogP contribution >= 0.6 is 0 Å². The van der Waals surface area contributed by atoms with Crippen LogP contribution in [-0.4, -0.2) is 42.6 Å². The number of carbonyl (C=O) groups is 1. The number of aromatic nitrogens is 3. The minimum atomic E-state index is -4.22. The second kappa shape index (κ2) is 10.4. The van der Waals surface area contributed by atoms with Crippen LogP contribution in [-0.2, 0) is 33.2 Å². The van der Waals surface area contributed by atoms with Crippen molar-refractivity contribution in [2.24, 2.45) is 7.05 Å². The van der Waals surface area contributed by atoms with Crippen molar-refractivity contribution >= 4 is 43.6 Å². The van der Waals surface area contributed by atoms with Crippen molar-refractivity contribution in [3.8, 4) is 11.8 Å². The lowest BCUT2D eigenvalue weighted by Crippen LogP contribution is -2.36. The first-order valence-corrected chi connectivity index (χ1v) is 13.3. The molecule has 3 aromatic carbocycles. The Morgan fingerprint density at radius 1 is 1.08 bits per heavy atom. The van der Waals surface area contributed by atoms with Gasteiger partial charge < -0.3 is 14.0 Å². The Kier molecular flexibility index (Phi) is 6.87. The first-order valence-electron chi connectivity index (χ1n) is 11.8. The molecule has 0 amide bonds. The molecule has 0 spiro atoms. The normalized spacial score (nSPS) is 11.3. The maximum atomic E-state index is 13.9. The Hall–Kier alpha value is -4.95. The zero-order chi connectivity index (χ0) is 27.6. The van der Waals surface area contributed by atoms with E-state index in [-0.39, 0.29) is 17.2 Å². The molecule has 5 aromatic rings. The summed E-state index contributed by atoms with van der Waals surface area (Å²) in [5.41, 5.74) is 2.35. The van der Waals surface area contributed by atoms with Crippen LogP contribution in [0.1, 0.15) is 11.4 Å². The van der Waals surface area contributed by atoms with Gasteiger partial charge in [0.2, 0.25) is 0 Å². The lowest BCUT2D eigenvalue weighted by Gasteiger charge is -2.24. The first-order chi connectivity index (χ1) is 18.8. The highest BCUT2D eigenvalue weighted by atomic mass is 32.2. The third-order valence-corrected chi connectivity index (χ3v) is 8.07. The van der Waals surface area contributed by atoms with Gasteiger partial charge in [-0.2, -0.15) is 5.26 Å². The second-order valence-corrected chi connectivity index (χ2v) is 10.4. The molecule has 0 radical (unpaired) electrons. The van der Waals surface area contributed by atoms with Crippen LogP contribution in [0.2, 0.25) is 0 Å². The van der Waals surface area contributed by atoms with Gasteiger partial charge in [-0.25, -0.2) is 13.4 Å². The number of fused-ring (bicyclic) bond motifs is 2. The van der Waals surface area contributed by atoms with E-state index in [1.54, 1.807) is 66.7 Å². The number of hydrogen-bond donors (Lipinski definition) is 0. The Morgan fingerprint density at radius 2 is 1.85 bits per heavy atom. The highest BCUT2D eigenvalue weighted by Crippen LogP contribution is 2.30. The third kappa shape index (κ3) is 4.97. The molecule has 0 atom stereocenters. The third-order valence-electron chi connectivity index (χ3n) is 6.26. The van der Waals surface area contributed by atoms with E-state index in [0.29, 0.717) is 33.6 Å². The average Bonchev–Trinajstić information content (AvgIpc) is 3.28. The molecule has 2 aromatic heterocycles. The summed E-state index contributed by atoms with van der Waals surface area (Å²) in [6.45, 7) is -0.382. The average molecular weight is 542 g/mol. The summed E-state index contributed by atoms with van der Waals surface area (Å²) in [5, 5.41) is 9.62. The van der Waals surface area contributed by atoms with Gasteiger partial charge in [0.15, 0.2) is 0 Å².